The van der Waals surface area contributed by atoms with Gasteiger partial charge in [-0.25, -0.2) is 9.07 Å². The Kier molecular flexibility index (Phi) is 2.99. The smallest absolute Gasteiger partial charge is 0.217 e. The maximum atomic E-state index is 13.9. The van der Waals surface area contributed by atoms with Gasteiger partial charge in [0.05, 0.1) is 5.69 Å². The predicted octanol–water partition coefficient (Wildman–Crippen LogP) is 3.69. The van der Waals surface area contributed by atoms with Gasteiger partial charge in [-0.15, -0.1) is 0 Å². The SMILES string of the molecule is Cc1c(-c2ccccc2F)nn(-c2ccccc2)c1O. The third-order valence-electron chi connectivity index (χ3n) is 3.22. The summed E-state index contributed by atoms with van der Waals surface area (Å²) in [6.07, 6.45) is 0. The third kappa shape index (κ3) is 1.95. The van der Waals surface area contributed by atoms with Gasteiger partial charge in [-0.3, -0.25) is 0 Å². The Hall–Kier alpha value is -2.62. The van der Waals surface area contributed by atoms with Crippen molar-refractivity contribution >= 4 is 0 Å². The van der Waals surface area contributed by atoms with Crippen LogP contribution in [0.15, 0.2) is 54.6 Å². The molecule has 1 aromatic heterocycles. The number of aromatic hydroxyl groups is 1. The van der Waals surface area contributed by atoms with Crippen LogP contribution < -0.4 is 0 Å². The fraction of sp³-hybridized carbons (Fsp3) is 0.0625. The van der Waals surface area contributed by atoms with Gasteiger partial charge in [-0.1, -0.05) is 30.3 Å². The maximum Gasteiger partial charge on any atom is 0.217 e. The van der Waals surface area contributed by atoms with Crippen molar-refractivity contribution in [3.05, 3.63) is 66.0 Å². The fourth-order valence-electron chi connectivity index (χ4n) is 2.15. The third-order valence-corrected chi connectivity index (χ3v) is 3.22. The van der Waals surface area contributed by atoms with E-state index in [1.807, 2.05) is 30.3 Å². The highest BCUT2D eigenvalue weighted by Crippen LogP contribution is 2.32. The first kappa shape index (κ1) is 12.4. The summed E-state index contributed by atoms with van der Waals surface area (Å²) in [5.41, 5.74) is 2.12. The molecule has 4 heteroatoms. The number of para-hydroxylation sites is 1. The number of halogens is 1. The van der Waals surface area contributed by atoms with Crippen molar-refractivity contribution < 1.29 is 9.50 Å². The van der Waals surface area contributed by atoms with E-state index in [1.54, 1.807) is 25.1 Å². The van der Waals surface area contributed by atoms with E-state index in [2.05, 4.69) is 5.10 Å². The summed E-state index contributed by atoms with van der Waals surface area (Å²) >= 11 is 0. The first-order valence-corrected chi connectivity index (χ1v) is 6.27. The number of hydrogen-bond acceptors (Lipinski definition) is 2. The van der Waals surface area contributed by atoms with Crippen molar-refractivity contribution in [2.45, 2.75) is 6.92 Å². The highest BCUT2D eigenvalue weighted by Gasteiger charge is 2.18. The van der Waals surface area contributed by atoms with E-state index < -0.39 is 0 Å². The van der Waals surface area contributed by atoms with Gasteiger partial charge in [0.25, 0.3) is 0 Å². The largest absolute Gasteiger partial charge is 0.493 e. The average molecular weight is 268 g/mol. The van der Waals surface area contributed by atoms with Gasteiger partial charge in [0.2, 0.25) is 5.88 Å². The lowest BCUT2D eigenvalue weighted by atomic mass is 10.1. The van der Waals surface area contributed by atoms with Crippen LogP contribution in [0, 0.1) is 12.7 Å². The minimum atomic E-state index is -0.353. The maximum absolute atomic E-state index is 13.9. The van der Waals surface area contributed by atoms with Crippen molar-refractivity contribution in [2.75, 3.05) is 0 Å². The van der Waals surface area contributed by atoms with E-state index in [4.69, 9.17) is 0 Å². The first-order chi connectivity index (χ1) is 9.68. The summed E-state index contributed by atoms with van der Waals surface area (Å²) in [7, 11) is 0. The molecule has 3 nitrogen and oxygen atoms in total. The van der Waals surface area contributed by atoms with Gasteiger partial charge in [0.1, 0.15) is 11.5 Å². The number of nitrogens with zero attached hydrogens (tertiary/aromatic N) is 2. The fourth-order valence-corrected chi connectivity index (χ4v) is 2.15. The molecule has 0 unspecified atom stereocenters. The van der Waals surface area contributed by atoms with Crippen LogP contribution in [-0.2, 0) is 0 Å². The van der Waals surface area contributed by atoms with Gasteiger partial charge in [0, 0.05) is 11.1 Å². The molecule has 20 heavy (non-hydrogen) atoms. The summed E-state index contributed by atoms with van der Waals surface area (Å²) in [6.45, 7) is 1.73. The normalized spacial score (nSPS) is 10.7. The van der Waals surface area contributed by atoms with Crippen LogP contribution in [-0.4, -0.2) is 14.9 Å². The van der Waals surface area contributed by atoms with Crippen LogP contribution in [0.1, 0.15) is 5.56 Å². The topological polar surface area (TPSA) is 38.0 Å². The average Bonchev–Trinajstić information content (AvgIpc) is 2.77. The predicted molar refractivity (Wildman–Crippen MR) is 75.4 cm³/mol. The zero-order chi connectivity index (χ0) is 14.1. The van der Waals surface area contributed by atoms with E-state index in [-0.39, 0.29) is 11.7 Å². The Balaban J connectivity index is 2.19. The molecule has 3 aromatic rings. The molecule has 0 fully saturated rings. The zero-order valence-electron chi connectivity index (χ0n) is 10.9. The van der Waals surface area contributed by atoms with Gasteiger partial charge < -0.3 is 5.11 Å². The Morgan fingerprint density at radius 3 is 2.35 bits per heavy atom. The molecule has 0 atom stereocenters. The van der Waals surface area contributed by atoms with Crippen molar-refractivity contribution in [3.8, 4) is 22.8 Å². The van der Waals surface area contributed by atoms with Crippen molar-refractivity contribution in [1.29, 1.82) is 0 Å². The van der Waals surface area contributed by atoms with Crippen LogP contribution in [0.2, 0.25) is 0 Å². The lowest BCUT2D eigenvalue weighted by Crippen LogP contribution is -1.95. The molecular weight excluding hydrogens is 255 g/mol. The summed E-state index contributed by atoms with van der Waals surface area (Å²) in [5, 5.41) is 14.5. The molecule has 0 radical (unpaired) electrons. The molecule has 2 aromatic carbocycles. The van der Waals surface area contributed by atoms with Gasteiger partial charge in [0.15, 0.2) is 0 Å². The molecule has 0 saturated heterocycles. The molecule has 0 spiro atoms. The van der Waals surface area contributed by atoms with E-state index in [0.29, 0.717) is 16.8 Å². The summed E-state index contributed by atoms with van der Waals surface area (Å²) in [6, 6.07) is 15.7. The van der Waals surface area contributed by atoms with E-state index in [9.17, 15) is 9.50 Å². The number of hydrogen-bond donors (Lipinski definition) is 1. The van der Waals surface area contributed by atoms with Crippen molar-refractivity contribution in [1.82, 2.24) is 9.78 Å². The lowest BCUT2D eigenvalue weighted by Gasteiger charge is -2.01. The van der Waals surface area contributed by atoms with Gasteiger partial charge >= 0.3 is 0 Å². The summed E-state index contributed by atoms with van der Waals surface area (Å²) < 4.78 is 15.3. The lowest BCUT2D eigenvalue weighted by molar-refractivity contribution is 0.430. The number of aromatic nitrogens is 2. The first-order valence-electron chi connectivity index (χ1n) is 6.27. The molecule has 3 rings (SSSR count). The second-order valence-electron chi connectivity index (χ2n) is 4.52. The molecule has 1 heterocycles. The summed E-state index contributed by atoms with van der Waals surface area (Å²) in [5.74, 6) is -0.331. The van der Waals surface area contributed by atoms with Crippen LogP contribution >= 0.6 is 0 Å². The second-order valence-corrected chi connectivity index (χ2v) is 4.52. The number of rotatable bonds is 2. The summed E-state index contributed by atoms with van der Waals surface area (Å²) in [4.78, 5) is 0. The molecular formula is C16H13FN2O. The Bertz CT molecular complexity index is 750. The molecule has 0 aliphatic rings. The van der Waals surface area contributed by atoms with Crippen LogP contribution in [0.4, 0.5) is 4.39 Å². The van der Waals surface area contributed by atoms with E-state index >= 15 is 0 Å². The molecule has 0 aliphatic heterocycles. The molecule has 0 amide bonds. The van der Waals surface area contributed by atoms with Crippen LogP contribution in [0.3, 0.4) is 0 Å². The van der Waals surface area contributed by atoms with Crippen molar-refractivity contribution in [2.24, 2.45) is 0 Å². The van der Waals surface area contributed by atoms with Gasteiger partial charge in [-0.2, -0.15) is 5.10 Å². The highest BCUT2D eigenvalue weighted by molar-refractivity contribution is 5.66. The molecule has 100 valence electrons. The van der Waals surface area contributed by atoms with E-state index in [1.165, 1.54) is 10.7 Å². The monoisotopic (exact) mass is 268 g/mol. The van der Waals surface area contributed by atoms with Gasteiger partial charge in [-0.05, 0) is 31.2 Å². The second kappa shape index (κ2) is 4.81. The Labute approximate surface area is 115 Å². The molecule has 1 N–H and O–H groups in total. The number of benzene rings is 2. The standard InChI is InChI=1S/C16H13FN2O/c1-11-15(13-9-5-6-10-14(13)17)18-19(16(11)20)12-7-3-2-4-8-12/h2-10,20H,1H3. The van der Waals surface area contributed by atoms with E-state index in [0.717, 1.165) is 5.69 Å². The molecule has 0 aliphatic carbocycles. The quantitative estimate of drug-likeness (QED) is 0.769. The van der Waals surface area contributed by atoms with Crippen molar-refractivity contribution in [3.63, 3.8) is 0 Å². The molecule has 0 saturated carbocycles. The minimum absolute atomic E-state index is 0.0226. The highest BCUT2D eigenvalue weighted by atomic mass is 19.1. The molecule has 0 bridgehead atoms. The van der Waals surface area contributed by atoms with Crippen LogP contribution in [0.25, 0.3) is 16.9 Å². The Morgan fingerprint density at radius 1 is 1.00 bits per heavy atom. The van der Waals surface area contributed by atoms with Crippen LogP contribution in [0.5, 0.6) is 5.88 Å². The Morgan fingerprint density at radius 2 is 1.65 bits per heavy atom. The zero-order valence-corrected chi connectivity index (χ0v) is 10.9. The minimum Gasteiger partial charge on any atom is -0.493 e.